The van der Waals surface area contributed by atoms with Gasteiger partial charge in [-0.25, -0.2) is 14.3 Å². The Morgan fingerprint density at radius 1 is 0.889 bits per heavy atom. The lowest BCUT2D eigenvalue weighted by molar-refractivity contribution is 0.0696. The number of aromatic nitrogens is 3. The number of benzene rings is 4. The quantitative estimate of drug-likeness (QED) is 0.135. The molecule has 224 valence electrons. The minimum Gasteiger partial charge on any atom is -0.478 e. The first-order valence-electron chi connectivity index (χ1n) is 13.8. The van der Waals surface area contributed by atoms with Gasteiger partial charge in [-0.05, 0) is 60.5 Å². The Balaban J connectivity index is 1.32. The molecule has 0 fully saturated rings. The number of urea groups is 1. The molecule has 0 spiro atoms. The number of nitrogens with zero attached hydrogens (tertiary/aromatic N) is 2. The van der Waals surface area contributed by atoms with Crippen LogP contribution in [0.3, 0.4) is 0 Å². The first-order chi connectivity index (χ1) is 21.7. The van der Waals surface area contributed by atoms with E-state index in [0.29, 0.717) is 33.4 Å². The summed E-state index contributed by atoms with van der Waals surface area (Å²) in [6.45, 7) is 1.96. The summed E-state index contributed by atoms with van der Waals surface area (Å²) >= 11 is 0. The lowest BCUT2D eigenvalue weighted by atomic mass is 10.1. The van der Waals surface area contributed by atoms with E-state index in [1.54, 1.807) is 43.5 Å². The molecule has 0 saturated carbocycles. The fourth-order valence-corrected chi connectivity index (χ4v) is 5.09. The minimum absolute atomic E-state index is 0.112. The maximum absolute atomic E-state index is 13.2. The molecule has 12 heteroatoms. The zero-order valence-electron chi connectivity index (χ0n) is 23.8. The van der Waals surface area contributed by atoms with Gasteiger partial charge in [-0.15, -0.1) is 0 Å². The lowest BCUT2D eigenvalue weighted by Crippen LogP contribution is -2.42. The number of H-pyrrole nitrogens is 1. The second-order valence-electron chi connectivity index (χ2n) is 10.3. The van der Waals surface area contributed by atoms with Gasteiger partial charge in [-0.1, -0.05) is 42.5 Å². The summed E-state index contributed by atoms with van der Waals surface area (Å²) in [6, 6.07) is 23.1. The van der Waals surface area contributed by atoms with Gasteiger partial charge in [-0.3, -0.25) is 19.8 Å². The van der Waals surface area contributed by atoms with Crippen LogP contribution in [0.2, 0.25) is 0 Å². The largest absolute Gasteiger partial charge is 0.478 e. The number of nitrogens with one attached hydrogen (secondary N) is 4. The topological polar surface area (TPSA) is 167 Å². The van der Waals surface area contributed by atoms with Crippen LogP contribution in [0, 0.1) is 6.92 Å². The molecule has 45 heavy (non-hydrogen) atoms. The summed E-state index contributed by atoms with van der Waals surface area (Å²) in [5, 5.41) is 15.9. The van der Waals surface area contributed by atoms with Gasteiger partial charge in [0.05, 0.1) is 22.3 Å². The third-order valence-electron chi connectivity index (χ3n) is 7.36. The van der Waals surface area contributed by atoms with Crippen molar-refractivity contribution >= 4 is 45.4 Å². The number of hydrogen-bond donors (Lipinski definition) is 5. The number of aromatic carboxylic acids is 1. The molecule has 0 bridgehead atoms. The summed E-state index contributed by atoms with van der Waals surface area (Å²) in [5.74, 6) is -1.60. The Kier molecular flexibility index (Phi) is 7.45. The Bertz CT molecular complexity index is 2250. The molecule has 0 atom stereocenters. The fraction of sp³-hybridized carbons (Fsp3) is 0.0606. The normalized spacial score (nSPS) is 11.0. The van der Waals surface area contributed by atoms with Crippen molar-refractivity contribution in [3.63, 3.8) is 0 Å². The molecule has 12 nitrogen and oxygen atoms in total. The number of anilines is 1. The second-order valence-corrected chi connectivity index (χ2v) is 10.3. The van der Waals surface area contributed by atoms with E-state index in [0.717, 1.165) is 15.6 Å². The number of rotatable bonds is 7. The van der Waals surface area contributed by atoms with E-state index in [-0.39, 0.29) is 17.6 Å². The molecule has 2 aromatic heterocycles. The monoisotopic (exact) mass is 602 g/mol. The third-order valence-corrected chi connectivity index (χ3v) is 7.36. The number of fused-ring (bicyclic) bond motifs is 3. The summed E-state index contributed by atoms with van der Waals surface area (Å²) < 4.78 is 2.79. The average Bonchev–Trinajstić information content (AvgIpc) is 3.51. The molecule has 4 aromatic carbocycles. The standard InChI is InChI=1S/C33H26N6O6/c1-19-6-2-3-7-23(19)29(40)37-39-27-16-26(24-8-4-5-9-25(24)28(27)36-30(41)31(39)42)38-15-14-20(18-38)17-34-33(45)35-22-12-10-21(11-13-22)32(43)44/h2-16,18H,17H2,1H3,(H,36,41)(H,37,40)(H,43,44)(H2,34,35,45). The molecule has 6 rings (SSSR count). The van der Waals surface area contributed by atoms with Crippen LogP contribution >= 0.6 is 0 Å². The van der Waals surface area contributed by atoms with Crippen molar-refractivity contribution in [2.45, 2.75) is 13.5 Å². The maximum atomic E-state index is 13.2. The van der Waals surface area contributed by atoms with Crippen LogP contribution < -0.4 is 27.2 Å². The molecule has 0 saturated heterocycles. The van der Waals surface area contributed by atoms with Crippen LogP contribution in [0.4, 0.5) is 10.5 Å². The van der Waals surface area contributed by atoms with E-state index < -0.39 is 29.0 Å². The fourth-order valence-electron chi connectivity index (χ4n) is 5.09. The van der Waals surface area contributed by atoms with Crippen LogP contribution in [-0.2, 0) is 6.54 Å². The van der Waals surface area contributed by atoms with Crippen molar-refractivity contribution in [1.82, 2.24) is 19.5 Å². The highest BCUT2D eigenvalue weighted by Gasteiger charge is 2.18. The van der Waals surface area contributed by atoms with E-state index in [1.807, 2.05) is 41.1 Å². The number of aryl methyl sites for hydroxylation is 1. The number of amides is 3. The van der Waals surface area contributed by atoms with Gasteiger partial charge >= 0.3 is 23.1 Å². The highest BCUT2D eigenvalue weighted by atomic mass is 16.4. The van der Waals surface area contributed by atoms with Crippen LogP contribution in [0.25, 0.3) is 27.5 Å². The van der Waals surface area contributed by atoms with Crippen molar-refractivity contribution in [2.24, 2.45) is 0 Å². The van der Waals surface area contributed by atoms with E-state index >= 15 is 0 Å². The number of carbonyl (C=O) groups excluding carboxylic acids is 2. The highest BCUT2D eigenvalue weighted by molar-refractivity contribution is 6.09. The van der Waals surface area contributed by atoms with Crippen LogP contribution in [0.15, 0.2) is 107 Å². The Morgan fingerprint density at radius 3 is 2.33 bits per heavy atom. The summed E-state index contributed by atoms with van der Waals surface area (Å²) in [6.07, 6.45) is 3.61. The van der Waals surface area contributed by atoms with Gasteiger partial charge in [0, 0.05) is 41.0 Å². The molecular formula is C33H26N6O6. The first kappa shape index (κ1) is 28.7. The Labute approximate surface area is 254 Å². The predicted octanol–water partition coefficient (Wildman–Crippen LogP) is 4.35. The van der Waals surface area contributed by atoms with Gasteiger partial charge < -0.3 is 25.3 Å². The second kappa shape index (κ2) is 11.7. The van der Waals surface area contributed by atoms with Crippen molar-refractivity contribution in [3.8, 4) is 5.69 Å². The van der Waals surface area contributed by atoms with Crippen molar-refractivity contribution < 1.29 is 19.5 Å². The molecule has 0 aliphatic heterocycles. The Hall–Kier alpha value is -6.43. The number of aromatic amines is 1. The van der Waals surface area contributed by atoms with Crippen molar-refractivity contribution in [3.05, 3.63) is 140 Å². The summed E-state index contributed by atoms with van der Waals surface area (Å²) in [4.78, 5) is 65.2. The summed E-state index contributed by atoms with van der Waals surface area (Å²) in [7, 11) is 0. The number of carboxylic acid groups (broad SMARTS) is 1. The molecule has 0 aliphatic rings. The van der Waals surface area contributed by atoms with Gasteiger partial charge in [0.15, 0.2) is 0 Å². The average molecular weight is 603 g/mol. The number of carboxylic acids is 1. The minimum atomic E-state index is -1.06. The molecular weight excluding hydrogens is 576 g/mol. The van der Waals surface area contributed by atoms with Crippen LogP contribution in [0.1, 0.15) is 31.8 Å². The molecule has 6 aromatic rings. The van der Waals surface area contributed by atoms with E-state index in [4.69, 9.17) is 5.11 Å². The third kappa shape index (κ3) is 5.67. The van der Waals surface area contributed by atoms with E-state index in [1.165, 1.54) is 24.3 Å². The zero-order valence-corrected chi connectivity index (χ0v) is 23.8. The van der Waals surface area contributed by atoms with Gasteiger partial charge in [0.1, 0.15) is 0 Å². The van der Waals surface area contributed by atoms with Crippen LogP contribution in [0.5, 0.6) is 0 Å². The van der Waals surface area contributed by atoms with Gasteiger partial charge in [0.2, 0.25) is 0 Å². The SMILES string of the molecule is Cc1ccccc1C(=O)Nn1c(=O)c(=O)[nH]c2c3ccccc3c(-n3ccc(CNC(=O)Nc4ccc(C(=O)O)cc4)c3)cc21. The first-order valence-corrected chi connectivity index (χ1v) is 13.8. The summed E-state index contributed by atoms with van der Waals surface area (Å²) in [5.41, 5.74) is 4.52. The van der Waals surface area contributed by atoms with E-state index in [9.17, 15) is 24.0 Å². The van der Waals surface area contributed by atoms with Crippen molar-refractivity contribution in [2.75, 3.05) is 10.7 Å². The maximum Gasteiger partial charge on any atom is 0.335 e. The van der Waals surface area contributed by atoms with Gasteiger partial charge in [0.25, 0.3) is 5.91 Å². The smallest absolute Gasteiger partial charge is 0.335 e. The molecule has 0 aliphatic carbocycles. The molecule has 0 radical (unpaired) electrons. The molecule has 0 unspecified atom stereocenters. The number of hydrogen-bond acceptors (Lipinski definition) is 5. The molecule has 3 amide bonds. The van der Waals surface area contributed by atoms with Crippen LogP contribution in [-0.4, -0.2) is 37.2 Å². The highest BCUT2D eigenvalue weighted by Crippen LogP contribution is 2.29. The van der Waals surface area contributed by atoms with Gasteiger partial charge in [-0.2, -0.15) is 0 Å². The zero-order chi connectivity index (χ0) is 31.7. The van der Waals surface area contributed by atoms with Crippen molar-refractivity contribution in [1.29, 1.82) is 0 Å². The predicted molar refractivity (Wildman–Crippen MR) is 170 cm³/mol. The molecule has 2 heterocycles. The Morgan fingerprint density at radius 2 is 1.60 bits per heavy atom. The lowest BCUT2D eigenvalue weighted by Gasteiger charge is -2.16. The molecule has 5 N–H and O–H groups in total. The van der Waals surface area contributed by atoms with E-state index in [2.05, 4.69) is 21.0 Å². The number of carbonyl (C=O) groups is 3.